The van der Waals surface area contributed by atoms with E-state index in [0.717, 1.165) is 11.1 Å². The van der Waals surface area contributed by atoms with Crippen molar-refractivity contribution < 1.29 is 19.4 Å². The van der Waals surface area contributed by atoms with Gasteiger partial charge >= 0.3 is 12.1 Å². The van der Waals surface area contributed by atoms with Crippen LogP contribution >= 0.6 is 11.6 Å². The Morgan fingerprint density at radius 3 is 2.26 bits per heavy atom. The number of hydrogen-bond donors (Lipinski definition) is 2. The number of carboxylic acids is 1. The predicted molar refractivity (Wildman–Crippen MR) is 118 cm³/mol. The van der Waals surface area contributed by atoms with Crippen LogP contribution in [0.4, 0.5) is 4.79 Å². The van der Waals surface area contributed by atoms with Crippen molar-refractivity contribution in [2.24, 2.45) is 0 Å². The summed E-state index contributed by atoms with van der Waals surface area (Å²) in [5.41, 5.74) is 4.99. The molecule has 0 radical (unpaired) electrons. The van der Waals surface area contributed by atoms with Crippen LogP contribution in [0.15, 0.2) is 66.7 Å². The van der Waals surface area contributed by atoms with Crippen LogP contribution in [0, 0.1) is 11.8 Å². The predicted octanol–water partition coefficient (Wildman–Crippen LogP) is 4.93. The second kappa shape index (κ2) is 8.95. The van der Waals surface area contributed by atoms with Crippen LogP contribution in [0.25, 0.3) is 11.1 Å². The smallest absolute Gasteiger partial charge is 0.407 e. The molecule has 1 aliphatic rings. The van der Waals surface area contributed by atoms with E-state index in [1.165, 1.54) is 17.2 Å². The zero-order valence-corrected chi connectivity index (χ0v) is 17.1. The normalized spacial score (nSPS) is 11.6. The fourth-order valence-corrected chi connectivity index (χ4v) is 3.95. The monoisotopic (exact) mass is 431 g/mol. The summed E-state index contributed by atoms with van der Waals surface area (Å²) in [6.45, 7) is 0.268. The number of alkyl carbamates (subject to hydrolysis) is 1. The topological polar surface area (TPSA) is 75.6 Å². The highest BCUT2D eigenvalue weighted by atomic mass is 35.5. The van der Waals surface area contributed by atoms with Gasteiger partial charge in [-0.25, -0.2) is 9.59 Å². The number of aromatic carboxylic acids is 1. The summed E-state index contributed by atoms with van der Waals surface area (Å²) in [5, 5.41) is 11.8. The number of benzene rings is 3. The Morgan fingerprint density at radius 2 is 1.61 bits per heavy atom. The lowest BCUT2D eigenvalue weighted by Gasteiger charge is -2.14. The van der Waals surface area contributed by atoms with E-state index in [2.05, 4.69) is 41.4 Å². The van der Waals surface area contributed by atoms with Gasteiger partial charge in [0.15, 0.2) is 0 Å². The molecule has 0 bridgehead atoms. The van der Waals surface area contributed by atoms with Crippen LogP contribution in [0.3, 0.4) is 0 Å². The van der Waals surface area contributed by atoms with Crippen molar-refractivity contribution in [2.45, 2.75) is 5.92 Å². The Morgan fingerprint density at radius 1 is 0.968 bits per heavy atom. The molecule has 0 atom stereocenters. The maximum Gasteiger partial charge on any atom is 0.407 e. The van der Waals surface area contributed by atoms with Gasteiger partial charge in [0, 0.05) is 11.5 Å². The summed E-state index contributed by atoms with van der Waals surface area (Å²) in [5.74, 6) is 4.40. The molecular weight excluding hydrogens is 414 g/mol. The van der Waals surface area contributed by atoms with Crippen LogP contribution in [0.1, 0.15) is 33.0 Å². The molecule has 1 amide bonds. The first-order valence-electron chi connectivity index (χ1n) is 9.66. The largest absolute Gasteiger partial charge is 0.478 e. The molecule has 3 aromatic rings. The number of carbonyl (C=O) groups is 2. The fourth-order valence-electron chi connectivity index (χ4n) is 3.70. The Labute approximate surface area is 184 Å². The minimum atomic E-state index is -1.12. The quantitative estimate of drug-likeness (QED) is 0.574. The lowest BCUT2D eigenvalue weighted by Crippen LogP contribution is -2.26. The highest BCUT2D eigenvalue weighted by Crippen LogP contribution is 2.44. The van der Waals surface area contributed by atoms with Gasteiger partial charge in [-0.2, -0.15) is 0 Å². The van der Waals surface area contributed by atoms with Crippen molar-refractivity contribution in [3.8, 4) is 23.0 Å². The van der Waals surface area contributed by atoms with E-state index in [0.29, 0.717) is 5.56 Å². The molecule has 1 aliphatic carbocycles. The fraction of sp³-hybridized carbons (Fsp3) is 0.120. The highest BCUT2D eigenvalue weighted by Gasteiger charge is 2.28. The number of carbonyl (C=O) groups excluding carboxylic acids is 1. The molecule has 0 heterocycles. The molecule has 0 spiro atoms. The number of amides is 1. The SMILES string of the molecule is O=C(NCC#Cc1cccc(C(=O)O)c1Cl)OCC1c2ccccc2-c2ccccc21. The molecule has 5 nitrogen and oxygen atoms in total. The minimum absolute atomic E-state index is 0.0122. The van der Waals surface area contributed by atoms with Gasteiger partial charge in [0.2, 0.25) is 0 Å². The van der Waals surface area contributed by atoms with Gasteiger partial charge in [0.25, 0.3) is 0 Å². The zero-order valence-electron chi connectivity index (χ0n) is 16.4. The highest BCUT2D eigenvalue weighted by molar-refractivity contribution is 6.34. The molecule has 154 valence electrons. The number of rotatable bonds is 4. The lowest BCUT2D eigenvalue weighted by molar-refractivity contribution is 0.0697. The van der Waals surface area contributed by atoms with E-state index in [-0.39, 0.29) is 29.7 Å². The van der Waals surface area contributed by atoms with Crippen molar-refractivity contribution in [2.75, 3.05) is 13.2 Å². The maximum absolute atomic E-state index is 12.1. The van der Waals surface area contributed by atoms with Gasteiger partial charge in [-0.05, 0) is 34.4 Å². The molecule has 3 aromatic carbocycles. The molecule has 4 rings (SSSR count). The first-order chi connectivity index (χ1) is 15.1. The van der Waals surface area contributed by atoms with E-state index in [9.17, 15) is 9.59 Å². The summed E-state index contributed by atoms with van der Waals surface area (Å²) < 4.78 is 5.44. The first kappa shape index (κ1) is 20.5. The average molecular weight is 432 g/mol. The van der Waals surface area contributed by atoms with E-state index in [1.807, 2.05) is 24.3 Å². The zero-order chi connectivity index (χ0) is 21.8. The van der Waals surface area contributed by atoms with Crippen molar-refractivity contribution in [1.29, 1.82) is 0 Å². The Bertz CT molecular complexity index is 1180. The van der Waals surface area contributed by atoms with Gasteiger partial charge in [-0.15, -0.1) is 0 Å². The first-order valence-corrected chi connectivity index (χ1v) is 10.0. The number of nitrogens with one attached hydrogen (secondary N) is 1. The van der Waals surface area contributed by atoms with Gasteiger partial charge in [0.05, 0.1) is 17.1 Å². The molecule has 0 fully saturated rings. The second-order valence-corrected chi connectivity index (χ2v) is 7.33. The minimum Gasteiger partial charge on any atom is -0.478 e. The third-order valence-electron chi connectivity index (χ3n) is 5.12. The van der Waals surface area contributed by atoms with Crippen molar-refractivity contribution in [3.05, 3.63) is 94.0 Å². The molecule has 0 unspecified atom stereocenters. The van der Waals surface area contributed by atoms with Gasteiger partial charge < -0.3 is 15.2 Å². The molecular formula is C25H18ClNO4. The standard InChI is InChI=1S/C25H18ClNO4/c26-23-16(7-5-13-21(23)24(28)29)8-6-14-27-25(30)31-15-22-19-11-3-1-9-17(19)18-10-2-4-12-20(18)22/h1-5,7,9-13,22H,14-15H2,(H,27,30)(H,28,29). The van der Waals surface area contributed by atoms with Crippen LogP contribution in [-0.4, -0.2) is 30.3 Å². The van der Waals surface area contributed by atoms with Gasteiger partial charge in [-0.3, -0.25) is 0 Å². The summed E-state index contributed by atoms with van der Waals surface area (Å²) in [4.78, 5) is 23.3. The number of carboxylic acid groups (broad SMARTS) is 1. The average Bonchev–Trinajstić information content (AvgIpc) is 3.10. The van der Waals surface area contributed by atoms with Crippen LogP contribution in [-0.2, 0) is 4.74 Å². The van der Waals surface area contributed by atoms with Gasteiger partial charge in [-0.1, -0.05) is 78.0 Å². The lowest BCUT2D eigenvalue weighted by atomic mass is 9.98. The molecule has 0 aromatic heterocycles. The van der Waals surface area contributed by atoms with E-state index < -0.39 is 12.1 Å². The van der Waals surface area contributed by atoms with E-state index in [1.54, 1.807) is 12.1 Å². The van der Waals surface area contributed by atoms with Gasteiger partial charge in [0.1, 0.15) is 6.61 Å². The molecule has 0 saturated carbocycles. The Kier molecular flexibility index (Phi) is 5.92. The van der Waals surface area contributed by atoms with E-state index >= 15 is 0 Å². The third-order valence-corrected chi connectivity index (χ3v) is 5.52. The third kappa shape index (κ3) is 4.25. The van der Waals surface area contributed by atoms with Crippen LogP contribution in [0.2, 0.25) is 5.02 Å². The molecule has 6 heteroatoms. The van der Waals surface area contributed by atoms with Crippen molar-refractivity contribution >= 4 is 23.7 Å². The van der Waals surface area contributed by atoms with Crippen molar-refractivity contribution in [1.82, 2.24) is 5.32 Å². The molecule has 0 aliphatic heterocycles. The summed E-state index contributed by atoms with van der Waals surface area (Å²) in [6.07, 6.45) is -0.568. The van der Waals surface area contributed by atoms with Crippen LogP contribution < -0.4 is 5.32 Å². The maximum atomic E-state index is 12.1. The summed E-state index contributed by atoms with van der Waals surface area (Å²) >= 11 is 6.05. The molecule has 0 saturated heterocycles. The van der Waals surface area contributed by atoms with Crippen LogP contribution in [0.5, 0.6) is 0 Å². The second-order valence-electron chi connectivity index (χ2n) is 6.95. The number of fused-ring (bicyclic) bond motifs is 3. The summed E-state index contributed by atoms with van der Waals surface area (Å²) in [6, 6.07) is 20.8. The molecule has 2 N–H and O–H groups in total. The Hall–Kier alpha value is -3.75. The summed E-state index contributed by atoms with van der Waals surface area (Å²) in [7, 11) is 0. The Balaban J connectivity index is 1.36. The number of halogens is 1. The molecule has 31 heavy (non-hydrogen) atoms. The number of hydrogen-bond acceptors (Lipinski definition) is 3. The van der Waals surface area contributed by atoms with E-state index in [4.69, 9.17) is 21.4 Å². The number of ether oxygens (including phenoxy) is 1. The van der Waals surface area contributed by atoms with Crippen molar-refractivity contribution in [3.63, 3.8) is 0 Å².